The molecule has 7 heteroatoms. The molecule has 0 N–H and O–H groups in total. The molecule has 0 radical (unpaired) electrons. The Kier molecular flexibility index (Phi) is 11.5. The molecular weight excluding hydrogens is 217 g/mol. The summed E-state index contributed by atoms with van der Waals surface area (Å²) in [5.74, 6) is 0. The third kappa shape index (κ3) is 172. The monoisotopic (exact) mass is 216 g/mol. The van der Waals surface area contributed by atoms with Crippen LogP contribution in [0, 0.1) is 0 Å². The average molecular weight is 217 g/mol. The van der Waals surface area contributed by atoms with E-state index in [0.29, 0.717) is 0 Å². The SMILES string of the molecule is O=S(=O)([O-])[O-].[Fe].[Zn+2]. The minimum absolute atomic E-state index is 0. The first-order valence-corrected chi connectivity index (χ1v) is 2.00. The molecule has 40 valence electrons. The zero-order valence-corrected chi connectivity index (χ0v) is 7.99. The van der Waals surface area contributed by atoms with E-state index in [-0.39, 0.29) is 36.5 Å². The molecule has 0 unspecified atom stereocenters. The van der Waals surface area contributed by atoms with Crippen molar-refractivity contribution in [1.29, 1.82) is 0 Å². The van der Waals surface area contributed by atoms with Crippen LogP contribution in [0.2, 0.25) is 0 Å². The summed E-state index contributed by atoms with van der Waals surface area (Å²) in [5.41, 5.74) is 0. The Hall–Kier alpha value is 1.01. The fourth-order valence-electron chi connectivity index (χ4n) is 0. The molecular formula is FeO4SZn. The van der Waals surface area contributed by atoms with Crippen LogP contribution in [-0.4, -0.2) is 17.5 Å². The van der Waals surface area contributed by atoms with Crippen LogP contribution in [0.5, 0.6) is 0 Å². The van der Waals surface area contributed by atoms with Crippen LogP contribution in [-0.2, 0) is 46.9 Å². The van der Waals surface area contributed by atoms with E-state index in [1.807, 2.05) is 0 Å². The summed E-state index contributed by atoms with van der Waals surface area (Å²) in [6.45, 7) is 0. The molecule has 0 atom stereocenters. The Balaban J connectivity index is -0.0000000800. The van der Waals surface area contributed by atoms with E-state index in [4.69, 9.17) is 17.5 Å². The molecule has 4 nitrogen and oxygen atoms in total. The van der Waals surface area contributed by atoms with E-state index in [0.717, 1.165) is 0 Å². The third-order valence-electron chi connectivity index (χ3n) is 0. The van der Waals surface area contributed by atoms with Crippen LogP contribution in [0.1, 0.15) is 0 Å². The molecule has 0 aromatic heterocycles. The first kappa shape index (κ1) is 15.7. The van der Waals surface area contributed by atoms with Crippen molar-refractivity contribution in [3.8, 4) is 0 Å². The molecule has 0 aliphatic heterocycles. The van der Waals surface area contributed by atoms with E-state index in [2.05, 4.69) is 0 Å². The van der Waals surface area contributed by atoms with Crippen molar-refractivity contribution in [2.75, 3.05) is 0 Å². The van der Waals surface area contributed by atoms with Crippen molar-refractivity contribution in [2.45, 2.75) is 0 Å². The maximum atomic E-state index is 8.52. The Morgan fingerprint density at radius 2 is 1.14 bits per heavy atom. The molecule has 0 aromatic rings. The number of rotatable bonds is 0. The first-order valence-electron chi connectivity index (χ1n) is 0.667. The maximum absolute atomic E-state index is 8.52. The Morgan fingerprint density at radius 1 is 1.14 bits per heavy atom. The molecule has 0 heterocycles. The van der Waals surface area contributed by atoms with Crippen molar-refractivity contribution in [3.63, 3.8) is 0 Å². The van der Waals surface area contributed by atoms with E-state index >= 15 is 0 Å². The van der Waals surface area contributed by atoms with Crippen LogP contribution in [0.4, 0.5) is 0 Å². The minimum Gasteiger partial charge on any atom is -0.759 e. The van der Waals surface area contributed by atoms with Crippen LogP contribution in [0.15, 0.2) is 0 Å². The second kappa shape index (κ2) is 5.16. The summed E-state index contributed by atoms with van der Waals surface area (Å²) in [5, 5.41) is 0. The summed E-state index contributed by atoms with van der Waals surface area (Å²) in [4.78, 5) is 0. The van der Waals surface area contributed by atoms with Crippen LogP contribution < -0.4 is 0 Å². The molecule has 0 spiro atoms. The van der Waals surface area contributed by atoms with Crippen molar-refractivity contribution >= 4 is 10.4 Å². The maximum Gasteiger partial charge on any atom is 2.00 e. The van der Waals surface area contributed by atoms with E-state index in [1.165, 1.54) is 0 Å². The number of hydrogen-bond acceptors (Lipinski definition) is 4. The molecule has 0 saturated carbocycles. The molecule has 0 rings (SSSR count). The Labute approximate surface area is 64.5 Å². The van der Waals surface area contributed by atoms with Gasteiger partial charge >= 0.3 is 19.5 Å². The zero-order valence-electron chi connectivity index (χ0n) is 3.10. The van der Waals surface area contributed by atoms with Crippen molar-refractivity contribution in [3.05, 3.63) is 0 Å². The van der Waals surface area contributed by atoms with Gasteiger partial charge in [-0.15, -0.1) is 0 Å². The standard InChI is InChI=1S/Fe.H2O4S.Zn/c;1-5(2,3)4;/h;(H2,1,2,3,4);/q;;+2/p-2. The Bertz CT molecular complexity index is 94.9. The van der Waals surface area contributed by atoms with Gasteiger partial charge in [0.25, 0.3) is 0 Å². The normalized spacial score (nSPS) is 8.29. The molecule has 0 aliphatic carbocycles. The molecule has 0 bridgehead atoms. The van der Waals surface area contributed by atoms with Gasteiger partial charge in [-0.25, -0.2) is 0 Å². The quantitative estimate of drug-likeness (QED) is 0.286. The zero-order chi connectivity index (χ0) is 4.50. The summed E-state index contributed by atoms with van der Waals surface area (Å²) in [6.07, 6.45) is 0. The van der Waals surface area contributed by atoms with Gasteiger partial charge in [-0.3, -0.25) is 8.42 Å². The van der Waals surface area contributed by atoms with Gasteiger partial charge in [-0.1, -0.05) is 0 Å². The van der Waals surface area contributed by atoms with Crippen molar-refractivity contribution < 1.29 is 54.1 Å². The van der Waals surface area contributed by atoms with E-state index < -0.39 is 10.4 Å². The fourth-order valence-corrected chi connectivity index (χ4v) is 0. The van der Waals surface area contributed by atoms with E-state index in [9.17, 15) is 0 Å². The van der Waals surface area contributed by atoms with Gasteiger partial charge in [0, 0.05) is 27.5 Å². The second-order valence-electron chi connectivity index (χ2n) is 0.408. The van der Waals surface area contributed by atoms with Crippen LogP contribution in [0.25, 0.3) is 0 Å². The van der Waals surface area contributed by atoms with Gasteiger partial charge in [-0.05, 0) is 0 Å². The summed E-state index contributed by atoms with van der Waals surface area (Å²) < 4.78 is 34.1. The molecule has 0 aliphatic rings. The summed E-state index contributed by atoms with van der Waals surface area (Å²) in [6, 6.07) is 0. The predicted octanol–water partition coefficient (Wildman–Crippen LogP) is -1.34. The molecule has 0 fully saturated rings. The predicted molar refractivity (Wildman–Crippen MR) is 10.5 cm³/mol. The summed E-state index contributed by atoms with van der Waals surface area (Å²) >= 11 is 0. The number of hydrogen-bond donors (Lipinski definition) is 0. The van der Waals surface area contributed by atoms with Gasteiger partial charge in [0.2, 0.25) is 0 Å². The van der Waals surface area contributed by atoms with Gasteiger partial charge in [0.1, 0.15) is 0 Å². The molecule has 0 saturated heterocycles. The third-order valence-corrected chi connectivity index (χ3v) is 0. The van der Waals surface area contributed by atoms with Gasteiger partial charge < -0.3 is 9.11 Å². The van der Waals surface area contributed by atoms with Crippen molar-refractivity contribution in [2.24, 2.45) is 0 Å². The molecule has 7 heavy (non-hydrogen) atoms. The van der Waals surface area contributed by atoms with E-state index in [1.54, 1.807) is 0 Å². The Morgan fingerprint density at radius 3 is 1.14 bits per heavy atom. The van der Waals surface area contributed by atoms with Crippen LogP contribution >= 0.6 is 0 Å². The average Bonchev–Trinajstić information content (AvgIpc) is 0.722. The largest absolute Gasteiger partial charge is 2.00 e. The molecule has 0 aromatic carbocycles. The van der Waals surface area contributed by atoms with Crippen LogP contribution in [0.3, 0.4) is 0 Å². The first-order chi connectivity index (χ1) is 2.00. The second-order valence-corrected chi connectivity index (χ2v) is 1.22. The van der Waals surface area contributed by atoms with Gasteiger partial charge in [0.15, 0.2) is 0 Å². The van der Waals surface area contributed by atoms with Crippen molar-refractivity contribution in [1.82, 2.24) is 0 Å². The fraction of sp³-hybridized carbons (Fsp3) is 0. The summed E-state index contributed by atoms with van der Waals surface area (Å²) in [7, 11) is -5.17. The van der Waals surface area contributed by atoms with Gasteiger partial charge in [0.05, 0.1) is 0 Å². The topological polar surface area (TPSA) is 80.3 Å². The molecule has 0 amide bonds. The minimum atomic E-state index is -5.17. The van der Waals surface area contributed by atoms with Gasteiger partial charge in [-0.2, -0.15) is 0 Å². The smallest absolute Gasteiger partial charge is 0.759 e.